The van der Waals surface area contributed by atoms with E-state index in [0.29, 0.717) is 29.7 Å². The van der Waals surface area contributed by atoms with Gasteiger partial charge in [0.2, 0.25) is 0 Å². The number of fused-ring (bicyclic) bond motifs is 2. The minimum absolute atomic E-state index is 0.0964. The van der Waals surface area contributed by atoms with Gasteiger partial charge in [-0.25, -0.2) is 0 Å². The highest BCUT2D eigenvalue weighted by atomic mass is 16.5. The highest BCUT2D eigenvalue weighted by molar-refractivity contribution is 5.95. The molecular formula is C15H20N2O3. The number of ether oxygens (including phenoxy) is 2. The third-order valence-electron chi connectivity index (χ3n) is 3.99. The van der Waals surface area contributed by atoms with Crippen molar-refractivity contribution in [2.45, 2.75) is 44.4 Å². The van der Waals surface area contributed by atoms with Crippen LogP contribution in [0.1, 0.15) is 36.5 Å². The van der Waals surface area contributed by atoms with Crippen LogP contribution in [0.5, 0.6) is 5.75 Å². The van der Waals surface area contributed by atoms with Gasteiger partial charge in [-0.3, -0.25) is 4.79 Å². The lowest BCUT2D eigenvalue weighted by atomic mass is 9.95. The van der Waals surface area contributed by atoms with E-state index in [0.717, 1.165) is 19.3 Å². The van der Waals surface area contributed by atoms with Crippen molar-refractivity contribution in [1.82, 2.24) is 5.32 Å². The molecule has 0 radical (unpaired) electrons. The van der Waals surface area contributed by atoms with Crippen molar-refractivity contribution < 1.29 is 14.3 Å². The molecule has 1 aromatic carbocycles. The summed E-state index contributed by atoms with van der Waals surface area (Å²) in [6.07, 6.45) is 3.59. The van der Waals surface area contributed by atoms with E-state index >= 15 is 0 Å². The summed E-state index contributed by atoms with van der Waals surface area (Å²) < 4.78 is 11.1. The van der Waals surface area contributed by atoms with Crippen LogP contribution < -0.4 is 15.8 Å². The largest absolute Gasteiger partial charge is 0.492 e. The number of hydrogen-bond donors (Lipinski definition) is 2. The van der Waals surface area contributed by atoms with Crippen LogP contribution in [0.25, 0.3) is 0 Å². The number of nitrogen functional groups attached to an aromatic ring is 1. The Morgan fingerprint density at radius 2 is 2.35 bits per heavy atom. The zero-order valence-corrected chi connectivity index (χ0v) is 11.6. The highest BCUT2D eigenvalue weighted by Crippen LogP contribution is 2.34. The van der Waals surface area contributed by atoms with E-state index in [1.807, 2.05) is 6.92 Å². The second-order valence-electron chi connectivity index (χ2n) is 5.38. The summed E-state index contributed by atoms with van der Waals surface area (Å²) in [6.45, 7) is 2.45. The predicted octanol–water partition coefficient (Wildman–Crippen LogP) is 1.72. The molecule has 0 aliphatic carbocycles. The average molecular weight is 276 g/mol. The van der Waals surface area contributed by atoms with E-state index in [2.05, 4.69) is 5.32 Å². The molecule has 5 nitrogen and oxygen atoms in total. The van der Waals surface area contributed by atoms with E-state index in [9.17, 15) is 4.79 Å². The number of nitrogens with two attached hydrogens (primary N) is 1. The third-order valence-corrected chi connectivity index (χ3v) is 3.99. The summed E-state index contributed by atoms with van der Waals surface area (Å²) in [7, 11) is 0. The van der Waals surface area contributed by atoms with E-state index < -0.39 is 0 Å². The Morgan fingerprint density at radius 3 is 2.95 bits per heavy atom. The van der Waals surface area contributed by atoms with Crippen molar-refractivity contribution in [2.75, 3.05) is 12.3 Å². The van der Waals surface area contributed by atoms with Crippen LogP contribution >= 0.6 is 0 Å². The van der Waals surface area contributed by atoms with Gasteiger partial charge in [0, 0.05) is 5.56 Å². The van der Waals surface area contributed by atoms with Crippen molar-refractivity contribution in [3.63, 3.8) is 0 Å². The van der Waals surface area contributed by atoms with Crippen LogP contribution in [0.2, 0.25) is 0 Å². The van der Waals surface area contributed by atoms with E-state index in [-0.39, 0.29) is 18.1 Å². The molecule has 108 valence electrons. The summed E-state index contributed by atoms with van der Waals surface area (Å²) in [5.74, 6) is 0.521. The molecule has 0 spiro atoms. The molecule has 1 amide bonds. The minimum atomic E-state index is -0.0964. The molecule has 2 bridgehead atoms. The predicted molar refractivity (Wildman–Crippen MR) is 75.8 cm³/mol. The summed E-state index contributed by atoms with van der Waals surface area (Å²) >= 11 is 0. The van der Waals surface area contributed by atoms with Gasteiger partial charge in [-0.1, -0.05) is 0 Å². The fourth-order valence-corrected chi connectivity index (χ4v) is 3.02. The average Bonchev–Trinajstić information content (AvgIpc) is 3.03. The Bertz CT molecular complexity index is 518. The molecule has 5 heteroatoms. The van der Waals surface area contributed by atoms with Crippen LogP contribution in [0.15, 0.2) is 18.2 Å². The maximum absolute atomic E-state index is 12.2. The summed E-state index contributed by atoms with van der Waals surface area (Å²) in [5, 5.41) is 3.04. The maximum atomic E-state index is 12.2. The molecule has 3 unspecified atom stereocenters. The van der Waals surface area contributed by atoms with Crippen LogP contribution in [0.3, 0.4) is 0 Å². The molecule has 2 aliphatic rings. The van der Waals surface area contributed by atoms with Gasteiger partial charge in [-0.2, -0.15) is 0 Å². The number of hydrogen-bond acceptors (Lipinski definition) is 4. The van der Waals surface area contributed by atoms with E-state index in [4.69, 9.17) is 15.2 Å². The van der Waals surface area contributed by atoms with Gasteiger partial charge in [0.15, 0.2) is 0 Å². The second kappa shape index (κ2) is 5.32. The molecule has 20 heavy (non-hydrogen) atoms. The monoisotopic (exact) mass is 276 g/mol. The van der Waals surface area contributed by atoms with Crippen LogP contribution in [0.4, 0.5) is 5.69 Å². The van der Waals surface area contributed by atoms with E-state index in [1.165, 1.54) is 0 Å². The molecule has 0 aromatic heterocycles. The molecule has 3 rings (SSSR count). The van der Waals surface area contributed by atoms with Gasteiger partial charge < -0.3 is 20.5 Å². The van der Waals surface area contributed by atoms with Crippen molar-refractivity contribution >= 4 is 11.6 Å². The zero-order valence-electron chi connectivity index (χ0n) is 11.6. The number of rotatable bonds is 4. The standard InChI is InChI=1S/C15H20N2O3/c1-2-19-13-5-3-9(7-11(13)16)15(18)17-12-8-10-4-6-14(12)20-10/h3,5,7,10,12,14H,2,4,6,8,16H2,1H3,(H,17,18). The fraction of sp³-hybridized carbons (Fsp3) is 0.533. The van der Waals surface area contributed by atoms with Crippen molar-refractivity contribution in [3.05, 3.63) is 23.8 Å². The number of carbonyl (C=O) groups is 1. The SMILES string of the molecule is CCOc1ccc(C(=O)NC2CC3CCC2O3)cc1N. The second-order valence-corrected chi connectivity index (χ2v) is 5.38. The van der Waals surface area contributed by atoms with Crippen molar-refractivity contribution in [2.24, 2.45) is 0 Å². The number of amides is 1. The fourth-order valence-electron chi connectivity index (χ4n) is 3.02. The Hall–Kier alpha value is -1.75. The van der Waals surface area contributed by atoms with Gasteiger partial charge in [0.1, 0.15) is 5.75 Å². The van der Waals surface area contributed by atoms with Gasteiger partial charge in [0.25, 0.3) is 5.91 Å². The first-order valence-electron chi connectivity index (χ1n) is 7.16. The number of benzene rings is 1. The minimum Gasteiger partial charge on any atom is -0.492 e. The lowest BCUT2D eigenvalue weighted by Gasteiger charge is -2.20. The lowest BCUT2D eigenvalue weighted by molar-refractivity contribution is 0.0841. The summed E-state index contributed by atoms with van der Waals surface area (Å²) in [4.78, 5) is 12.2. The van der Waals surface area contributed by atoms with Crippen LogP contribution in [-0.4, -0.2) is 30.8 Å². The van der Waals surface area contributed by atoms with Crippen LogP contribution in [0, 0.1) is 0 Å². The van der Waals surface area contributed by atoms with Crippen LogP contribution in [-0.2, 0) is 4.74 Å². The first kappa shape index (κ1) is 13.2. The molecule has 2 saturated heterocycles. The lowest BCUT2D eigenvalue weighted by Crippen LogP contribution is -2.41. The Kier molecular flexibility index (Phi) is 3.53. The molecular weight excluding hydrogens is 256 g/mol. The third kappa shape index (κ3) is 2.45. The molecule has 0 saturated carbocycles. The normalized spacial score (nSPS) is 27.6. The number of anilines is 1. The highest BCUT2D eigenvalue weighted by Gasteiger charge is 2.41. The summed E-state index contributed by atoms with van der Waals surface area (Å²) in [5.41, 5.74) is 6.94. The first-order valence-corrected chi connectivity index (χ1v) is 7.16. The summed E-state index contributed by atoms with van der Waals surface area (Å²) in [6, 6.07) is 5.28. The molecule has 2 fully saturated rings. The number of nitrogens with one attached hydrogen (secondary N) is 1. The number of carbonyl (C=O) groups excluding carboxylic acids is 1. The topological polar surface area (TPSA) is 73.6 Å². The van der Waals surface area contributed by atoms with Gasteiger partial charge >= 0.3 is 0 Å². The van der Waals surface area contributed by atoms with Gasteiger partial charge in [0.05, 0.1) is 30.5 Å². The Labute approximate surface area is 118 Å². The molecule has 2 aliphatic heterocycles. The Morgan fingerprint density at radius 1 is 1.50 bits per heavy atom. The maximum Gasteiger partial charge on any atom is 0.251 e. The smallest absolute Gasteiger partial charge is 0.251 e. The van der Waals surface area contributed by atoms with Crippen molar-refractivity contribution in [1.29, 1.82) is 0 Å². The zero-order chi connectivity index (χ0) is 14.1. The first-order chi connectivity index (χ1) is 9.67. The van der Waals surface area contributed by atoms with Crippen molar-refractivity contribution in [3.8, 4) is 5.75 Å². The van der Waals surface area contributed by atoms with Gasteiger partial charge in [-0.05, 0) is 44.4 Å². The van der Waals surface area contributed by atoms with Gasteiger partial charge in [-0.15, -0.1) is 0 Å². The Balaban J connectivity index is 1.66. The molecule has 3 atom stereocenters. The molecule has 1 aromatic rings. The van der Waals surface area contributed by atoms with E-state index in [1.54, 1.807) is 18.2 Å². The quantitative estimate of drug-likeness (QED) is 0.821. The molecule has 2 heterocycles. The molecule has 3 N–H and O–H groups in total.